The van der Waals surface area contributed by atoms with Crippen molar-refractivity contribution in [2.45, 2.75) is 77.4 Å². The molecule has 3 rings (SSSR count). The Morgan fingerprint density at radius 2 is 1.71 bits per heavy atom. The first-order chi connectivity index (χ1) is 11.5. The van der Waals surface area contributed by atoms with Crippen molar-refractivity contribution in [3.05, 3.63) is 34.9 Å². The van der Waals surface area contributed by atoms with Crippen LogP contribution in [0.3, 0.4) is 0 Å². The molecule has 3 heteroatoms. The lowest BCUT2D eigenvalue weighted by Crippen LogP contribution is -2.51. The van der Waals surface area contributed by atoms with Gasteiger partial charge in [0.2, 0.25) is 0 Å². The predicted octanol–water partition coefficient (Wildman–Crippen LogP) is 4.17. The summed E-state index contributed by atoms with van der Waals surface area (Å²) in [5.41, 5.74) is 3.23. The van der Waals surface area contributed by atoms with Crippen LogP contribution in [0.1, 0.15) is 66.9 Å². The van der Waals surface area contributed by atoms with Crippen LogP contribution in [-0.4, -0.2) is 47.4 Å². The van der Waals surface area contributed by atoms with Gasteiger partial charge in [-0.05, 0) is 65.1 Å². The quantitative estimate of drug-likeness (QED) is 0.810. The first-order valence-electron chi connectivity index (χ1n) is 9.60. The number of hydrogen-bond donors (Lipinski definition) is 0. The number of unbranched alkanes of at least 4 members (excludes halogenated alkanes) is 1. The Balaban J connectivity index is 1.82. The van der Waals surface area contributed by atoms with Crippen LogP contribution >= 0.6 is 0 Å². The summed E-state index contributed by atoms with van der Waals surface area (Å²) in [5.74, 6) is 0.240. The van der Waals surface area contributed by atoms with E-state index in [-0.39, 0.29) is 5.91 Å². The standard InChI is InChI=1S/C21H32N2O/c1-5-6-9-23(20-13-18-7-8-19(14-20)22(18)4)21(24)17-11-15(2)10-16(3)12-17/h10-12,18-20H,5-9,13-14H2,1-4H3/t18-,19+,20?. The van der Waals surface area contributed by atoms with Gasteiger partial charge in [-0.2, -0.15) is 0 Å². The molecule has 1 aromatic rings. The second kappa shape index (κ2) is 7.26. The molecule has 3 nitrogen and oxygen atoms in total. The molecule has 2 saturated heterocycles. The topological polar surface area (TPSA) is 23.6 Å². The molecule has 2 fully saturated rings. The molecule has 0 N–H and O–H groups in total. The zero-order valence-electron chi connectivity index (χ0n) is 15.7. The molecule has 2 aliphatic heterocycles. The van der Waals surface area contributed by atoms with Crippen LogP contribution in [0.2, 0.25) is 0 Å². The van der Waals surface area contributed by atoms with E-state index in [4.69, 9.17) is 0 Å². The van der Waals surface area contributed by atoms with Crippen LogP contribution in [0.5, 0.6) is 0 Å². The molecule has 0 aromatic heterocycles. The molecular weight excluding hydrogens is 296 g/mol. The van der Waals surface area contributed by atoms with Gasteiger partial charge in [-0.15, -0.1) is 0 Å². The molecule has 2 aliphatic rings. The lowest BCUT2D eigenvalue weighted by molar-refractivity contribution is 0.0480. The maximum absolute atomic E-state index is 13.3. The van der Waals surface area contributed by atoms with E-state index in [1.807, 2.05) is 0 Å². The van der Waals surface area contributed by atoms with E-state index < -0.39 is 0 Å². The summed E-state index contributed by atoms with van der Waals surface area (Å²) in [4.78, 5) is 18.0. The second-order valence-corrected chi connectivity index (χ2v) is 7.90. The highest BCUT2D eigenvalue weighted by Gasteiger charge is 2.41. The van der Waals surface area contributed by atoms with Crippen molar-refractivity contribution >= 4 is 5.91 Å². The van der Waals surface area contributed by atoms with Gasteiger partial charge in [0, 0.05) is 30.2 Å². The molecule has 0 spiro atoms. The summed E-state index contributed by atoms with van der Waals surface area (Å²) >= 11 is 0. The van der Waals surface area contributed by atoms with Gasteiger partial charge in [-0.3, -0.25) is 4.79 Å². The fourth-order valence-corrected chi connectivity index (χ4v) is 4.68. The fourth-order valence-electron chi connectivity index (χ4n) is 4.68. The van der Waals surface area contributed by atoms with Crippen LogP contribution in [0.25, 0.3) is 0 Å². The third-order valence-electron chi connectivity index (χ3n) is 6.00. The van der Waals surface area contributed by atoms with Gasteiger partial charge in [-0.25, -0.2) is 0 Å². The van der Waals surface area contributed by atoms with Crippen LogP contribution in [0.15, 0.2) is 18.2 Å². The summed E-state index contributed by atoms with van der Waals surface area (Å²) in [6, 6.07) is 8.01. The summed E-state index contributed by atoms with van der Waals surface area (Å²) in [6.45, 7) is 7.26. The third kappa shape index (κ3) is 3.51. The number of carbonyl (C=O) groups is 1. The summed E-state index contributed by atoms with van der Waals surface area (Å²) < 4.78 is 0. The molecule has 1 amide bonds. The molecule has 1 unspecified atom stereocenters. The van der Waals surface area contributed by atoms with Crippen molar-refractivity contribution in [1.82, 2.24) is 9.80 Å². The maximum atomic E-state index is 13.3. The highest BCUT2D eigenvalue weighted by molar-refractivity contribution is 5.94. The Kier molecular flexibility index (Phi) is 5.29. The summed E-state index contributed by atoms with van der Waals surface area (Å²) in [7, 11) is 2.26. The molecule has 3 atom stereocenters. The molecule has 0 radical (unpaired) electrons. The Hall–Kier alpha value is -1.35. The molecule has 2 bridgehead atoms. The van der Waals surface area contributed by atoms with Gasteiger partial charge >= 0.3 is 0 Å². The van der Waals surface area contributed by atoms with Crippen LogP contribution in [0.4, 0.5) is 0 Å². The van der Waals surface area contributed by atoms with Gasteiger partial charge in [0.15, 0.2) is 0 Å². The monoisotopic (exact) mass is 328 g/mol. The van der Waals surface area contributed by atoms with E-state index in [0.717, 1.165) is 37.8 Å². The second-order valence-electron chi connectivity index (χ2n) is 7.90. The van der Waals surface area contributed by atoms with Gasteiger partial charge in [0.1, 0.15) is 0 Å². The van der Waals surface area contributed by atoms with E-state index in [1.54, 1.807) is 0 Å². The van der Waals surface area contributed by atoms with Crippen molar-refractivity contribution in [1.29, 1.82) is 0 Å². The number of aryl methyl sites for hydroxylation is 2. The van der Waals surface area contributed by atoms with Crippen molar-refractivity contribution in [2.24, 2.45) is 0 Å². The van der Waals surface area contributed by atoms with Gasteiger partial charge in [0.25, 0.3) is 5.91 Å². The zero-order chi connectivity index (χ0) is 17.3. The third-order valence-corrected chi connectivity index (χ3v) is 6.00. The maximum Gasteiger partial charge on any atom is 0.254 e. The molecule has 0 aliphatic carbocycles. The van der Waals surface area contributed by atoms with Gasteiger partial charge < -0.3 is 9.80 Å². The van der Waals surface area contributed by atoms with Crippen LogP contribution in [0, 0.1) is 13.8 Å². The van der Waals surface area contributed by atoms with Gasteiger partial charge in [-0.1, -0.05) is 30.5 Å². The molecule has 0 saturated carbocycles. The van der Waals surface area contributed by atoms with Crippen molar-refractivity contribution < 1.29 is 4.79 Å². The van der Waals surface area contributed by atoms with E-state index in [1.165, 1.54) is 24.0 Å². The van der Waals surface area contributed by atoms with E-state index >= 15 is 0 Å². The van der Waals surface area contributed by atoms with Gasteiger partial charge in [0.05, 0.1) is 0 Å². The van der Waals surface area contributed by atoms with E-state index in [0.29, 0.717) is 18.1 Å². The number of carbonyl (C=O) groups excluding carboxylic acids is 1. The molecular formula is C21H32N2O. The van der Waals surface area contributed by atoms with E-state index in [9.17, 15) is 4.79 Å². The smallest absolute Gasteiger partial charge is 0.254 e. The predicted molar refractivity (Wildman–Crippen MR) is 99.5 cm³/mol. The summed E-state index contributed by atoms with van der Waals surface area (Å²) in [6.07, 6.45) is 7.13. The minimum atomic E-state index is 0.240. The average Bonchev–Trinajstić information content (AvgIpc) is 2.75. The molecule has 1 aromatic carbocycles. The zero-order valence-corrected chi connectivity index (χ0v) is 15.7. The van der Waals surface area contributed by atoms with E-state index in [2.05, 4.69) is 55.8 Å². The van der Waals surface area contributed by atoms with Crippen molar-refractivity contribution in [3.63, 3.8) is 0 Å². The number of nitrogens with zero attached hydrogens (tertiary/aromatic N) is 2. The molecule has 2 heterocycles. The largest absolute Gasteiger partial charge is 0.336 e. The van der Waals surface area contributed by atoms with Crippen molar-refractivity contribution in [2.75, 3.05) is 13.6 Å². The molecule has 132 valence electrons. The Morgan fingerprint density at radius 3 is 2.25 bits per heavy atom. The first kappa shape index (κ1) is 17.5. The number of piperidine rings is 1. The Labute approximate surface area is 147 Å². The highest BCUT2D eigenvalue weighted by atomic mass is 16.2. The lowest BCUT2D eigenvalue weighted by Gasteiger charge is -2.42. The number of amides is 1. The number of benzene rings is 1. The first-order valence-corrected chi connectivity index (χ1v) is 9.60. The molecule has 24 heavy (non-hydrogen) atoms. The Morgan fingerprint density at radius 1 is 1.12 bits per heavy atom. The van der Waals surface area contributed by atoms with Crippen molar-refractivity contribution in [3.8, 4) is 0 Å². The number of hydrogen-bond acceptors (Lipinski definition) is 2. The SMILES string of the molecule is CCCCN(C(=O)c1cc(C)cc(C)c1)C1C[C@H]2CC[C@@H](C1)N2C. The average molecular weight is 329 g/mol. The fraction of sp³-hybridized carbons (Fsp3) is 0.667. The number of fused-ring (bicyclic) bond motifs is 2. The minimum Gasteiger partial charge on any atom is -0.336 e. The normalized spacial score (nSPS) is 26.6. The lowest BCUT2D eigenvalue weighted by atomic mass is 9.95. The van der Waals surface area contributed by atoms with Crippen LogP contribution in [-0.2, 0) is 0 Å². The Bertz CT molecular complexity index is 563. The summed E-state index contributed by atoms with van der Waals surface area (Å²) in [5, 5.41) is 0. The highest BCUT2D eigenvalue weighted by Crippen LogP contribution is 2.36. The van der Waals surface area contributed by atoms with Crippen LogP contribution < -0.4 is 0 Å². The minimum absolute atomic E-state index is 0.240. The number of rotatable bonds is 5.